The van der Waals surface area contributed by atoms with Gasteiger partial charge in [0.1, 0.15) is 11.5 Å². The summed E-state index contributed by atoms with van der Waals surface area (Å²) in [6.07, 6.45) is 8.12. The summed E-state index contributed by atoms with van der Waals surface area (Å²) in [6.45, 7) is 7.76. The molecule has 1 N–H and O–H groups in total. The van der Waals surface area contributed by atoms with Crippen molar-refractivity contribution in [3.63, 3.8) is 0 Å². The maximum atomic E-state index is 12.8. The maximum absolute atomic E-state index is 12.8. The van der Waals surface area contributed by atoms with Crippen molar-refractivity contribution in [2.75, 3.05) is 50.8 Å². The van der Waals surface area contributed by atoms with E-state index in [4.69, 9.17) is 0 Å². The van der Waals surface area contributed by atoms with Crippen LogP contribution in [0.5, 0.6) is 0 Å². The first-order valence-electron chi connectivity index (χ1n) is 10.3. The lowest BCUT2D eigenvalue weighted by atomic mass is 10.1. The minimum Gasteiger partial charge on any atom is -0.360 e. The van der Waals surface area contributed by atoms with E-state index in [-0.39, 0.29) is 17.3 Å². The molecule has 0 bridgehead atoms. The molecule has 1 aliphatic rings. The second-order valence-corrected chi connectivity index (χ2v) is 9.75. The topological polar surface area (TPSA) is 99.9 Å². The smallest absolute Gasteiger partial charge is 0.242 e. The SMILES string of the molecule is C=CCN1CCN(C(=O)CNc2c(-c3ccc(S(C)(=O)=O)cc3)nc3cnccn23)CC1. The van der Waals surface area contributed by atoms with Crippen molar-refractivity contribution < 1.29 is 13.2 Å². The highest BCUT2D eigenvalue weighted by molar-refractivity contribution is 7.90. The van der Waals surface area contributed by atoms with Crippen molar-refractivity contribution in [2.24, 2.45) is 0 Å². The molecule has 0 saturated carbocycles. The van der Waals surface area contributed by atoms with Crippen molar-refractivity contribution in [2.45, 2.75) is 4.90 Å². The Labute approximate surface area is 187 Å². The number of rotatable bonds is 7. The third-order valence-corrected chi connectivity index (χ3v) is 6.63. The normalized spacial score (nSPS) is 15.1. The highest BCUT2D eigenvalue weighted by atomic mass is 32.2. The van der Waals surface area contributed by atoms with Gasteiger partial charge in [0.15, 0.2) is 15.5 Å². The van der Waals surface area contributed by atoms with E-state index in [0.717, 1.165) is 25.2 Å². The number of carbonyl (C=O) groups is 1. The maximum Gasteiger partial charge on any atom is 0.242 e. The van der Waals surface area contributed by atoms with Crippen LogP contribution in [0.25, 0.3) is 16.9 Å². The highest BCUT2D eigenvalue weighted by Gasteiger charge is 2.22. The van der Waals surface area contributed by atoms with Crippen LogP contribution < -0.4 is 5.32 Å². The van der Waals surface area contributed by atoms with Crippen molar-refractivity contribution >= 4 is 27.2 Å². The average molecular weight is 455 g/mol. The largest absolute Gasteiger partial charge is 0.360 e. The number of anilines is 1. The van der Waals surface area contributed by atoms with Gasteiger partial charge in [-0.25, -0.2) is 13.4 Å². The summed E-state index contributed by atoms with van der Waals surface area (Å²) in [6, 6.07) is 6.56. The molecule has 3 aromatic rings. The van der Waals surface area contributed by atoms with Gasteiger partial charge in [-0.05, 0) is 12.1 Å². The molecule has 3 heterocycles. The number of nitrogens with zero attached hydrogens (tertiary/aromatic N) is 5. The van der Waals surface area contributed by atoms with E-state index in [1.54, 1.807) is 42.9 Å². The molecule has 0 atom stereocenters. The van der Waals surface area contributed by atoms with Gasteiger partial charge < -0.3 is 10.2 Å². The molecule has 168 valence electrons. The molecule has 0 unspecified atom stereocenters. The van der Waals surface area contributed by atoms with Gasteiger partial charge in [-0.2, -0.15) is 0 Å². The minimum atomic E-state index is -3.29. The molecule has 10 heteroatoms. The molecule has 9 nitrogen and oxygen atoms in total. The van der Waals surface area contributed by atoms with E-state index in [1.807, 2.05) is 15.4 Å². The number of carbonyl (C=O) groups excluding carboxylic acids is 1. The van der Waals surface area contributed by atoms with E-state index in [1.165, 1.54) is 6.26 Å². The second-order valence-electron chi connectivity index (χ2n) is 7.73. The molecular weight excluding hydrogens is 428 g/mol. The number of hydrogen-bond acceptors (Lipinski definition) is 7. The van der Waals surface area contributed by atoms with Gasteiger partial charge in [0.05, 0.1) is 17.6 Å². The van der Waals surface area contributed by atoms with Crippen molar-refractivity contribution in [3.05, 3.63) is 55.5 Å². The molecule has 0 radical (unpaired) electrons. The standard InChI is InChI=1S/C22H26N6O3S/c1-3-9-26-11-13-27(14-12-26)20(29)16-24-22-21(25-19-15-23-8-10-28(19)22)17-4-6-18(7-5-17)32(2,30)31/h3-8,10,15,24H,1,9,11-14,16H2,2H3. The Morgan fingerprint density at radius 1 is 1.19 bits per heavy atom. The first kappa shape index (κ1) is 22.0. The van der Waals surface area contributed by atoms with Crippen molar-refractivity contribution in [1.82, 2.24) is 24.2 Å². The van der Waals surface area contributed by atoms with Crippen LogP contribution in [-0.4, -0.2) is 84.0 Å². The summed E-state index contributed by atoms with van der Waals surface area (Å²) < 4.78 is 25.4. The lowest BCUT2D eigenvalue weighted by Crippen LogP contribution is -2.50. The number of aromatic nitrogens is 3. The number of sulfone groups is 1. The summed E-state index contributed by atoms with van der Waals surface area (Å²) in [5.41, 5.74) is 2.00. The zero-order valence-electron chi connectivity index (χ0n) is 17.9. The summed E-state index contributed by atoms with van der Waals surface area (Å²) in [7, 11) is -3.29. The van der Waals surface area contributed by atoms with Gasteiger partial charge in [0, 0.05) is 56.9 Å². The molecule has 1 aliphatic heterocycles. The van der Waals surface area contributed by atoms with Gasteiger partial charge >= 0.3 is 0 Å². The lowest BCUT2D eigenvalue weighted by Gasteiger charge is -2.34. The molecule has 4 rings (SSSR count). The molecule has 0 aliphatic carbocycles. The Kier molecular flexibility index (Phi) is 6.24. The summed E-state index contributed by atoms with van der Waals surface area (Å²) >= 11 is 0. The summed E-state index contributed by atoms with van der Waals surface area (Å²) in [5.74, 6) is 0.679. The Bertz CT molecular complexity index is 1230. The number of imidazole rings is 1. The van der Waals surface area contributed by atoms with Crippen LogP contribution in [0.3, 0.4) is 0 Å². The fourth-order valence-corrected chi connectivity index (χ4v) is 4.40. The van der Waals surface area contributed by atoms with E-state index in [0.29, 0.717) is 30.2 Å². The van der Waals surface area contributed by atoms with Crippen LogP contribution in [0.15, 0.2) is 60.4 Å². The Morgan fingerprint density at radius 3 is 2.56 bits per heavy atom. The predicted molar refractivity (Wildman–Crippen MR) is 123 cm³/mol. The number of fused-ring (bicyclic) bond motifs is 1. The predicted octanol–water partition coefficient (Wildman–Crippen LogP) is 1.54. The summed E-state index contributed by atoms with van der Waals surface area (Å²) in [4.78, 5) is 25.9. The Hall–Kier alpha value is -3.24. The molecular formula is C22H26N6O3S. The van der Waals surface area contributed by atoms with Gasteiger partial charge in [0.2, 0.25) is 5.91 Å². The number of hydrogen-bond donors (Lipinski definition) is 1. The minimum absolute atomic E-state index is 0.0191. The number of amides is 1. The third-order valence-electron chi connectivity index (χ3n) is 5.51. The van der Waals surface area contributed by atoms with Crippen LogP contribution in [0.2, 0.25) is 0 Å². The molecule has 32 heavy (non-hydrogen) atoms. The average Bonchev–Trinajstić information content (AvgIpc) is 3.16. The first-order valence-corrected chi connectivity index (χ1v) is 12.2. The van der Waals surface area contributed by atoms with Gasteiger partial charge in [-0.15, -0.1) is 6.58 Å². The third kappa shape index (κ3) is 4.66. The molecule has 0 spiro atoms. The zero-order chi connectivity index (χ0) is 22.7. The van der Waals surface area contributed by atoms with Gasteiger partial charge in [-0.1, -0.05) is 18.2 Å². The first-order chi connectivity index (χ1) is 15.4. The van der Waals surface area contributed by atoms with Gasteiger partial charge in [0.25, 0.3) is 0 Å². The fourth-order valence-electron chi connectivity index (χ4n) is 3.77. The molecule has 1 fully saturated rings. The lowest BCUT2D eigenvalue weighted by molar-refractivity contribution is -0.130. The van der Waals surface area contributed by atoms with Gasteiger partial charge in [-0.3, -0.25) is 19.1 Å². The van der Waals surface area contributed by atoms with Crippen molar-refractivity contribution in [3.8, 4) is 11.3 Å². The van der Waals surface area contributed by atoms with Crippen LogP contribution in [-0.2, 0) is 14.6 Å². The highest BCUT2D eigenvalue weighted by Crippen LogP contribution is 2.29. The van der Waals surface area contributed by atoms with Crippen LogP contribution >= 0.6 is 0 Å². The van der Waals surface area contributed by atoms with E-state index in [2.05, 4.69) is 26.8 Å². The summed E-state index contributed by atoms with van der Waals surface area (Å²) in [5, 5.41) is 3.25. The number of nitrogens with one attached hydrogen (secondary N) is 1. The van der Waals surface area contributed by atoms with Crippen molar-refractivity contribution in [1.29, 1.82) is 0 Å². The van der Waals surface area contributed by atoms with Crippen LogP contribution in [0, 0.1) is 0 Å². The second kappa shape index (κ2) is 9.09. The van der Waals surface area contributed by atoms with Crippen LogP contribution in [0.1, 0.15) is 0 Å². The fraction of sp³-hybridized carbons (Fsp3) is 0.318. The quantitative estimate of drug-likeness (QED) is 0.541. The number of benzene rings is 1. The molecule has 1 amide bonds. The monoisotopic (exact) mass is 454 g/mol. The van der Waals surface area contributed by atoms with E-state index < -0.39 is 9.84 Å². The van der Waals surface area contributed by atoms with E-state index in [9.17, 15) is 13.2 Å². The number of piperazine rings is 1. The Morgan fingerprint density at radius 2 is 1.91 bits per heavy atom. The molecule has 1 aromatic carbocycles. The van der Waals surface area contributed by atoms with Crippen LogP contribution in [0.4, 0.5) is 5.82 Å². The Balaban J connectivity index is 1.55. The zero-order valence-corrected chi connectivity index (χ0v) is 18.8. The molecule has 2 aromatic heterocycles. The molecule has 1 saturated heterocycles. The van der Waals surface area contributed by atoms with E-state index >= 15 is 0 Å².